The summed E-state index contributed by atoms with van der Waals surface area (Å²) in [7, 11) is 0. The molecule has 0 saturated heterocycles. The minimum atomic E-state index is -0.699. The van der Waals surface area contributed by atoms with E-state index in [1.165, 1.54) is 24.3 Å². The van der Waals surface area contributed by atoms with Crippen molar-refractivity contribution in [1.82, 2.24) is 5.32 Å². The number of anilines is 1. The summed E-state index contributed by atoms with van der Waals surface area (Å²) in [5, 5.41) is 2.25. The number of thiol groups is 1. The van der Waals surface area contributed by atoms with Crippen molar-refractivity contribution < 1.29 is 14.4 Å². The van der Waals surface area contributed by atoms with Crippen molar-refractivity contribution in [3.05, 3.63) is 65.2 Å². The van der Waals surface area contributed by atoms with E-state index in [0.29, 0.717) is 16.8 Å². The van der Waals surface area contributed by atoms with Crippen molar-refractivity contribution >= 4 is 48.8 Å². The zero-order chi connectivity index (χ0) is 17.7. The van der Waals surface area contributed by atoms with Crippen LogP contribution in [0.25, 0.3) is 0 Å². The van der Waals surface area contributed by atoms with Crippen molar-refractivity contribution in [2.24, 2.45) is 5.73 Å². The van der Waals surface area contributed by atoms with Crippen molar-refractivity contribution in [1.29, 1.82) is 0 Å². The first-order valence-electron chi connectivity index (χ1n) is 7.25. The number of carbonyl (C=O) groups excluding carboxylic acids is 3. The summed E-state index contributed by atoms with van der Waals surface area (Å²) in [5.74, 6) is -1.09. The molecular weight excluding hydrogens is 362 g/mol. The SMILES string of the molecule is CCc1ccc(C(=O)NC(=O)N(S)c2ccc(C(N)=O)cc2)cc1.Cl. The van der Waals surface area contributed by atoms with Crippen LogP contribution in [0.2, 0.25) is 0 Å². The van der Waals surface area contributed by atoms with Gasteiger partial charge in [0.25, 0.3) is 5.91 Å². The van der Waals surface area contributed by atoms with Crippen LogP contribution >= 0.6 is 25.2 Å². The van der Waals surface area contributed by atoms with Gasteiger partial charge in [-0.2, -0.15) is 0 Å². The lowest BCUT2D eigenvalue weighted by molar-refractivity contribution is 0.0964. The fourth-order valence-electron chi connectivity index (χ4n) is 2.00. The molecule has 2 aromatic carbocycles. The first kappa shape index (κ1) is 20.5. The Bertz CT molecular complexity index is 764. The topological polar surface area (TPSA) is 92.5 Å². The minimum absolute atomic E-state index is 0. The molecule has 0 aliphatic rings. The number of nitrogens with one attached hydrogen (secondary N) is 1. The average molecular weight is 380 g/mol. The molecule has 2 aromatic rings. The van der Waals surface area contributed by atoms with Crippen LogP contribution in [0.1, 0.15) is 33.2 Å². The molecule has 0 radical (unpaired) electrons. The molecule has 2 rings (SSSR count). The summed E-state index contributed by atoms with van der Waals surface area (Å²) in [4.78, 5) is 35.2. The van der Waals surface area contributed by atoms with Gasteiger partial charge in [0.1, 0.15) is 0 Å². The third kappa shape index (κ3) is 5.23. The van der Waals surface area contributed by atoms with Gasteiger partial charge in [-0.05, 0) is 48.4 Å². The Kier molecular flexibility index (Phi) is 7.47. The van der Waals surface area contributed by atoms with Crippen LogP contribution in [0, 0.1) is 0 Å². The molecule has 0 saturated carbocycles. The fraction of sp³-hybridized carbons (Fsp3) is 0.118. The number of hydrogen-bond donors (Lipinski definition) is 3. The monoisotopic (exact) mass is 379 g/mol. The molecule has 0 aromatic heterocycles. The predicted octanol–water partition coefficient (Wildman–Crippen LogP) is 2.97. The van der Waals surface area contributed by atoms with Crippen LogP contribution < -0.4 is 15.4 Å². The fourth-order valence-corrected chi connectivity index (χ4v) is 2.18. The maximum atomic E-state index is 12.1. The zero-order valence-corrected chi connectivity index (χ0v) is 15.1. The molecule has 25 heavy (non-hydrogen) atoms. The quantitative estimate of drug-likeness (QED) is 0.713. The summed E-state index contributed by atoms with van der Waals surface area (Å²) in [6.07, 6.45) is 0.868. The summed E-state index contributed by atoms with van der Waals surface area (Å²) in [6, 6.07) is 12.2. The van der Waals surface area contributed by atoms with Crippen LogP contribution in [0.4, 0.5) is 10.5 Å². The van der Waals surface area contributed by atoms with E-state index >= 15 is 0 Å². The van der Waals surface area contributed by atoms with Gasteiger partial charge in [-0.15, -0.1) is 12.4 Å². The number of rotatable bonds is 4. The molecule has 4 amide bonds. The molecule has 6 nitrogen and oxygen atoms in total. The lowest BCUT2D eigenvalue weighted by atomic mass is 10.1. The Morgan fingerprint density at radius 2 is 1.52 bits per heavy atom. The third-order valence-corrected chi connectivity index (χ3v) is 3.85. The Morgan fingerprint density at radius 3 is 2.00 bits per heavy atom. The standard InChI is InChI=1S/C17H17N3O3S.ClH/c1-2-11-3-5-13(6-4-11)16(22)19-17(23)20(24)14-9-7-12(8-10-14)15(18)21;/h3-10,24H,2H2,1H3,(H2,18,21)(H,19,22,23);1H. The van der Waals surface area contributed by atoms with E-state index in [0.717, 1.165) is 16.3 Å². The summed E-state index contributed by atoms with van der Waals surface area (Å²) < 4.78 is 0.975. The molecular formula is C17H18ClN3O3S. The molecule has 0 atom stereocenters. The van der Waals surface area contributed by atoms with Crippen LogP contribution in [0.3, 0.4) is 0 Å². The second-order valence-electron chi connectivity index (χ2n) is 5.03. The van der Waals surface area contributed by atoms with Gasteiger partial charge >= 0.3 is 6.03 Å². The number of amides is 4. The van der Waals surface area contributed by atoms with E-state index in [-0.39, 0.29) is 12.4 Å². The smallest absolute Gasteiger partial charge is 0.338 e. The van der Waals surface area contributed by atoms with Crippen molar-refractivity contribution in [2.45, 2.75) is 13.3 Å². The van der Waals surface area contributed by atoms with Crippen LogP contribution in [0.15, 0.2) is 48.5 Å². The number of urea groups is 1. The maximum Gasteiger partial charge on any atom is 0.338 e. The van der Waals surface area contributed by atoms with Crippen molar-refractivity contribution in [3.63, 3.8) is 0 Å². The highest BCUT2D eigenvalue weighted by Gasteiger charge is 2.16. The molecule has 0 bridgehead atoms. The van der Waals surface area contributed by atoms with Gasteiger partial charge in [0.05, 0.1) is 5.69 Å². The van der Waals surface area contributed by atoms with E-state index < -0.39 is 17.8 Å². The summed E-state index contributed by atoms with van der Waals surface area (Å²) >= 11 is 4.07. The number of primary amides is 1. The van der Waals surface area contributed by atoms with Gasteiger partial charge in [0, 0.05) is 11.1 Å². The van der Waals surface area contributed by atoms with E-state index in [2.05, 4.69) is 18.1 Å². The highest BCUT2D eigenvalue weighted by Crippen LogP contribution is 2.17. The van der Waals surface area contributed by atoms with Gasteiger partial charge in [0.2, 0.25) is 5.91 Å². The molecule has 0 spiro atoms. The number of nitrogens with two attached hydrogens (primary N) is 1. The van der Waals surface area contributed by atoms with Gasteiger partial charge < -0.3 is 5.73 Å². The van der Waals surface area contributed by atoms with Crippen LogP contribution in [-0.2, 0) is 6.42 Å². The molecule has 0 aliphatic heterocycles. The molecule has 0 unspecified atom stereocenters. The van der Waals surface area contributed by atoms with Gasteiger partial charge in [-0.1, -0.05) is 31.9 Å². The number of benzene rings is 2. The number of hydrogen-bond acceptors (Lipinski definition) is 4. The number of halogens is 1. The molecule has 8 heteroatoms. The Morgan fingerprint density at radius 1 is 1.00 bits per heavy atom. The molecule has 0 aliphatic carbocycles. The van der Waals surface area contributed by atoms with E-state index in [4.69, 9.17) is 5.73 Å². The number of imide groups is 1. The molecule has 0 fully saturated rings. The average Bonchev–Trinajstić information content (AvgIpc) is 2.61. The number of nitrogens with zero attached hydrogens (tertiary/aromatic N) is 1. The lowest BCUT2D eigenvalue weighted by Crippen LogP contribution is -2.38. The second-order valence-corrected chi connectivity index (χ2v) is 5.43. The third-order valence-electron chi connectivity index (χ3n) is 3.43. The van der Waals surface area contributed by atoms with Gasteiger partial charge in [-0.3, -0.25) is 14.9 Å². The second kappa shape index (κ2) is 9.10. The molecule has 3 N–H and O–H groups in total. The Hall–Kier alpha value is -2.51. The largest absolute Gasteiger partial charge is 0.366 e. The summed E-state index contributed by atoms with van der Waals surface area (Å²) in [6.45, 7) is 2.01. The van der Waals surface area contributed by atoms with Crippen LogP contribution in [-0.4, -0.2) is 17.8 Å². The predicted molar refractivity (Wildman–Crippen MR) is 102 cm³/mol. The number of carbonyl (C=O) groups is 3. The normalized spacial score (nSPS) is 9.68. The van der Waals surface area contributed by atoms with E-state index in [1.807, 2.05) is 19.1 Å². The van der Waals surface area contributed by atoms with E-state index in [9.17, 15) is 14.4 Å². The van der Waals surface area contributed by atoms with Crippen molar-refractivity contribution in [2.75, 3.05) is 4.31 Å². The van der Waals surface area contributed by atoms with Crippen molar-refractivity contribution in [3.8, 4) is 0 Å². The lowest BCUT2D eigenvalue weighted by Gasteiger charge is -2.16. The van der Waals surface area contributed by atoms with E-state index in [1.54, 1.807) is 12.1 Å². The highest BCUT2D eigenvalue weighted by molar-refractivity contribution is 7.82. The Labute approximate surface area is 157 Å². The van der Waals surface area contributed by atoms with Gasteiger partial charge in [0.15, 0.2) is 0 Å². The molecule has 132 valence electrons. The zero-order valence-electron chi connectivity index (χ0n) is 13.4. The highest BCUT2D eigenvalue weighted by atomic mass is 35.5. The number of aryl methyl sites for hydroxylation is 1. The van der Waals surface area contributed by atoms with Gasteiger partial charge in [-0.25, -0.2) is 9.10 Å². The maximum absolute atomic E-state index is 12.1. The minimum Gasteiger partial charge on any atom is -0.366 e. The van der Waals surface area contributed by atoms with Crippen LogP contribution in [0.5, 0.6) is 0 Å². The first-order chi connectivity index (χ1) is 11.4. The summed E-state index contributed by atoms with van der Waals surface area (Å²) in [5.41, 5.74) is 7.35. The molecule has 0 heterocycles. The Balaban J connectivity index is 0.00000312. The first-order valence-corrected chi connectivity index (χ1v) is 7.65.